The Labute approximate surface area is 156 Å². The number of rotatable bonds is 6. The predicted molar refractivity (Wildman–Crippen MR) is 91.2 cm³/mol. The second kappa shape index (κ2) is 9.12. The Hall–Kier alpha value is -2.70. The molecule has 0 aliphatic carbocycles. The van der Waals surface area contributed by atoms with Crippen LogP contribution in [0.15, 0.2) is 41.6 Å². The number of nitriles is 1. The number of nitrogens with zero attached hydrogens (tertiary/aromatic N) is 2. The molecule has 0 fully saturated rings. The molecule has 0 radical (unpaired) electrons. The van der Waals surface area contributed by atoms with Gasteiger partial charge >= 0.3 is 5.97 Å². The van der Waals surface area contributed by atoms with Crippen LogP contribution in [0.25, 0.3) is 0 Å². The maximum Gasteiger partial charge on any atom is 0.341 e. The molecule has 26 heavy (non-hydrogen) atoms. The Kier molecular flexibility index (Phi) is 6.89. The highest BCUT2D eigenvalue weighted by Gasteiger charge is 2.18. The molecule has 6 nitrogen and oxygen atoms in total. The number of hydrogen-bond donors (Lipinski definition) is 1. The van der Waals surface area contributed by atoms with E-state index in [2.05, 4.69) is 10.3 Å². The molecule has 0 aliphatic heterocycles. The zero-order chi connectivity index (χ0) is 19.1. The molecule has 0 spiro atoms. The van der Waals surface area contributed by atoms with E-state index in [1.165, 1.54) is 36.5 Å². The number of anilines is 1. The van der Waals surface area contributed by atoms with Gasteiger partial charge in [0.25, 0.3) is 11.7 Å². The van der Waals surface area contributed by atoms with Gasteiger partial charge in [0, 0.05) is 11.9 Å². The number of carbonyl (C=O) groups excluding carboxylic acids is 2. The first-order valence-corrected chi connectivity index (χ1v) is 8.23. The van der Waals surface area contributed by atoms with Crippen LogP contribution in [0.5, 0.6) is 0 Å². The van der Waals surface area contributed by atoms with Gasteiger partial charge in [-0.1, -0.05) is 11.6 Å². The van der Waals surface area contributed by atoms with E-state index in [9.17, 15) is 18.4 Å². The summed E-state index contributed by atoms with van der Waals surface area (Å²) in [7, 11) is 0. The molecule has 1 heterocycles. The molecule has 1 amide bonds. The van der Waals surface area contributed by atoms with Gasteiger partial charge in [-0.15, -0.1) is 0 Å². The fraction of sp³-hybridized carbons (Fsp3) is 0.125. The Morgan fingerprint density at radius 2 is 2.15 bits per heavy atom. The number of esters is 1. The van der Waals surface area contributed by atoms with Crippen molar-refractivity contribution in [1.29, 1.82) is 5.26 Å². The van der Waals surface area contributed by atoms with Gasteiger partial charge in [0.05, 0.1) is 16.1 Å². The van der Waals surface area contributed by atoms with Crippen molar-refractivity contribution in [2.45, 2.75) is 10.8 Å². The van der Waals surface area contributed by atoms with Crippen LogP contribution >= 0.6 is 23.4 Å². The number of halogens is 3. The van der Waals surface area contributed by atoms with Gasteiger partial charge in [-0.2, -0.15) is 14.0 Å². The molecule has 0 atom stereocenters. The predicted octanol–water partition coefficient (Wildman–Crippen LogP) is 3.72. The summed E-state index contributed by atoms with van der Waals surface area (Å²) in [5.74, 6) is -4.36. The van der Waals surface area contributed by atoms with Crippen LogP contribution in [0, 0.1) is 11.3 Å². The minimum absolute atomic E-state index is 0.108. The van der Waals surface area contributed by atoms with Crippen LogP contribution in [0.3, 0.4) is 0 Å². The summed E-state index contributed by atoms with van der Waals surface area (Å²) in [6.45, 7) is -0.635. The number of pyridine rings is 1. The van der Waals surface area contributed by atoms with Crippen molar-refractivity contribution in [1.82, 2.24) is 4.98 Å². The van der Waals surface area contributed by atoms with Crippen LogP contribution in [0.2, 0.25) is 5.02 Å². The smallest absolute Gasteiger partial charge is 0.341 e. The molecule has 0 bridgehead atoms. The molecular formula is C16H10ClF2N3O3S. The summed E-state index contributed by atoms with van der Waals surface area (Å²) in [5.41, 5.74) is 0.397. The van der Waals surface area contributed by atoms with Crippen molar-refractivity contribution in [3.8, 4) is 6.07 Å². The number of hydrogen-bond acceptors (Lipinski definition) is 6. The monoisotopic (exact) mass is 397 g/mol. The van der Waals surface area contributed by atoms with Crippen molar-refractivity contribution in [2.75, 3.05) is 11.9 Å². The average molecular weight is 398 g/mol. The number of alkyl halides is 2. The molecule has 0 saturated carbocycles. The zero-order valence-corrected chi connectivity index (χ0v) is 14.5. The zero-order valence-electron chi connectivity index (χ0n) is 12.9. The molecule has 1 aromatic carbocycles. The maximum absolute atomic E-state index is 12.5. The fourth-order valence-corrected chi connectivity index (χ4v) is 2.61. The van der Waals surface area contributed by atoms with Gasteiger partial charge in [-0.25, -0.2) is 9.78 Å². The molecule has 2 rings (SSSR count). The highest BCUT2D eigenvalue weighted by atomic mass is 35.5. The SMILES string of the molecule is N#Cc1ccc(NC(=O)COC(=O)c2cccnc2SC(F)F)cc1Cl. The largest absolute Gasteiger partial charge is 0.452 e. The number of benzene rings is 1. The van der Waals surface area contributed by atoms with Gasteiger partial charge in [0.1, 0.15) is 11.1 Å². The number of ether oxygens (including phenoxy) is 1. The van der Waals surface area contributed by atoms with Gasteiger partial charge in [-0.3, -0.25) is 4.79 Å². The lowest BCUT2D eigenvalue weighted by molar-refractivity contribution is -0.119. The Morgan fingerprint density at radius 3 is 2.81 bits per heavy atom. The average Bonchev–Trinajstić information content (AvgIpc) is 2.60. The molecule has 1 aromatic heterocycles. The Morgan fingerprint density at radius 1 is 1.38 bits per heavy atom. The third-order valence-electron chi connectivity index (χ3n) is 2.90. The van der Waals surface area contributed by atoms with Crippen molar-refractivity contribution in [2.24, 2.45) is 0 Å². The van der Waals surface area contributed by atoms with Crippen LogP contribution in [-0.4, -0.2) is 29.2 Å². The quantitative estimate of drug-likeness (QED) is 0.590. The first-order chi connectivity index (χ1) is 12.4. The molecule has 1 N–H and O–H groups in total. The van der Waals surface area contributed by atoms with E-state index in [4.69, 9.17) is 21.6 Å². The van der Waals surface area contributed by atoms with E-state index in [0.29, 0.717) is 5.69 Å². The van der Waals surface area contributed by atoms with Crippen LogP contribution in [0.1, 0.15) is 15.9 Å². The standard InChI is InChI=1S/C16H10ClF2N3O3S/c17-12-6-10(4-3-9(12)7-20)22-13(23)8-25-15(24)11-2-1-5-21-14(11)26-16(18)19/h1-6,16H,8H2,(H,22,23). The molecule has 10 heteroatoms. The van der Waals surface area contributed by atoms with E-state index in [1.54, 1.807) is 0 Å². The topological polar surface area (TPSA) is 92.1 Å². The summed E-state index contributed by atoms with van der Waals surface area (Å²) >= 11 is 5.96. The van der Waals surface area contributed by atoms with Crippen LogP contribution in [-0.2, 0) is 9.53 Å². The first-order valence-electron chi connectivity index (χ1n) is 6.97. The lowest BCUT2D eigenvalue weighted by atomic mass is 10.2. The van der Waals surface area contributed by atoms with Gasteiger partial charge < -0.3 is 10.1 Å². The maximum atomic E-state index is 12.5. The minimum Gasteiger partial charge on any atom is -0.452 e. The first kappa shape index (κ1) is 19.6. The molecule has 0 unspecified atom stereocenters. The highest BCUT2D eigenvalue weighted by Crippen LogP contribution is 2.26. The van der Waals surface area contributed by atoms with Crippen LogP contribution < -0.4 is 5.32 Å². The van der Waals surface area contributed by atoms with Crippen molar-refractivity contribution in [3.05, 3.63) is 52.7 Å². The summed E-state index contributed by atoms with van der Waals surface area (Å²) in [4.78, 5) is 27.5. The number of aromatic nitrogens is 1. The normalized spacial score (nSPS) is 10.3. The summed E-state index contributed by atoms with van der Waals surface area (Å²) in [6, 6.07) is 8.81. The number of amides is 1. The minimum atomic E-state index is -2.75. The summed E-state index contributed by atoms with van der Waals surface area (Å²) in [5, 5.41) is 11.2. The third kappa shape index (κ3) is 5.40. The van der Waals surface area contributed by atoms with Crippen molar-refractivity contribution < 1.29 is 23.1 Å². The molecule has 0 aliphatic rings. The van der Waals surface area contributed by atoms with Gasteiger partial charge in [-0.05, 0) is 42.1 Å². The molecule has 2 aromatic rings. The van der Waals surface area contributed by atoms with Gasteiger partial charge in [0.15, 0.2) is 6.61 Å². The lowest BCUT2D eigenvalue weighted by Gasteiger charge is -2.09. The summed E-state index contributed by atoms with van der Waals surface area (Å²) < 4.78 is 29.8. The second-order valence-corrected chi connectivity index (χ2v) is 6.05. The lowest BCUT2D eigenvalue weighted by Crippen LogP contribution is -2.21. The third-order valence-corrected chi connectivity index (χ3v) is 3.94. The second-order valence-electron chi connectivity index (χ2n) is 4.67. The highest BCUT2D eigenvalue weighted by molar-refractivity contribution is 7.99. The van der Waals surface area contributed by atoms with Crippen molar-refractivity contribution in [3.63, 3.8) is 0 Å². The van der Waals surface area contributed by atoms with E-state index < -0.39 is 24.2 Å². The molecule has 134 valence electrons. The van der Waals surface area contributed by atoms with Gasteiger partial charge in [0.2, 0.25) is 0 Å². The van der Waals surface area contributed by atoms with Crippen LogP contribution in [0.4, 0.5) is 14.5 Å². The van der Waals surface area contributed by atoms with E-state index in [-0.39, 0.29) is 32.9 Å². The Balaban J connectivity index is 1.96. The number of thioether (sulfide) groups is 1. The number of carbonyl (C=O) groups is 2. The van der Waals surface area contributed by atoms with E-state index in [0.717, 1.165) is 0 Å². The van der Waals surface area contributed by atoms with E-state index in [1.807, 2.05) is 6.07 Å². The number of nitrogens with one attached hydrogen (secondary N) is 1. The van der Waals surface area contributed by atoms with Crippen molar-refractivity contribution >= 4 is 40.9 Å². The van der Waals surface area contributed by atoms with E-state index >= 15 is 0 Å². The summed E-state index contributed by atoms with van der Waals surface area (Å²) in [6.07, 6.45) is 1.27. The molecular weight excluding hydrogens is 388 g/mol. The Bertz CT molecular complexity index is 874. The molecule has 0 saturated heterocycles. The fourth-order valence-electron chi connectivity index (χ4n) is 1.81.